The minimum Gasteiger partial charge on any atom is -0.272 e. The maximum Gasteiger partial charge on any atom is 0.254 e. The number of hydrazine groups is 1. The number of carbonyl (C=O) groups excluding carboxylic acids is 1. The van der Waals surface area contributed by atoms with E-state index in [9.17, 15) is 18.0 Å². The lowest BCUT2D eigenvalue weighted by Crippen LogP contribution is -2.39. The Morgan fingerprint density at radius 1 is 1.41 bits per heavy atom. The van der Waals surface area contributed by atoms with Gasteiger partial charge >= 0.3 is 0 Å². The molecule has 1 aromatic carbocycles. The third kappa shape index (κ3) is 2.06. The van der Waals surface area contributed by atoms with Crippen LogP contribution in [0.3, 0.4) is 0 Å². The lowest BCUT2D eigenvalue weighted by Gasteiger charge is -2.26. The molecule has 0 N–H and O–H groups in total. The van der Waals surface area contributed by atoms with Gasteiger partial charge in [-0.2, -0.15) is 0 Å². The first-order chi connectivity index (χ1) is 10.4. The summed E-state index contributed by atoms with van der Waals surface area (Å²) in [5.41, 5.74) is -1.12. The van der Waals surface area contributed by atoms with Gasteiger partial charge in [0.2, 0.25) is 0 Å². The number of halogens is 3. The topological polar surface area (TPSA) is 27.9 Å². The molecule has 4 nitrogen and oxygen atoms in total. The maximum absolute atomic E-state index is 13.6. The minimum absolute atomic E-state index is 0.0367. The Morgan fingerprint density at radius 2 is 2.14 bits per heavy atom. The summed E-state index contributed by atoms with van der Waals surface area (Å²) in [7, 11) is 0. The Hall–Kier alpha value is -2.07. The average molecular weight is 309 g/mol. The molecule has 0 aromatic heterocycles. The van der Waals surface area contributed by atoms with Crippen LogP contribution in [0.1, 0.15) is 24.9 Å². The van der Waals surface area contributed by atoms with Gasteiger partial charge in [0.1, 0.15) is 11.2 Å². The zero-order valence-corrected chi connectivity index (χ0v) is 11.9. The normalized spacial score (nSPS) is 28.3. The number of hydrogen-bond acceptors (Lipinski definition) is 2. The maximum atomic E-state index is 13.6. The second-order valence-electron chi connectivity index (χ2n) is 5.92. The molecule has 2 heterocycles. The van der Waals surface area contributed by atoms with Crippen molar-refractivity contribution in [1.29, 1.82) is 0 Å². The second-order valence-corrected chi connectivity index (χ2v) is 5.92. The Balaban J connectivity index is 1.97. The van der Waals surface area contributed by atoms with Crippen LogP contribution in [0, 0.1) is 17.8 Å². The van der Waals surface area contributed by atoms with E-state index in [0.29, 0.717) is 18.5 Å². The first kappa shape index (κ1) is 14.9. The van der Waals surface area contributed by atoms with Crippen molar-refractivity contribution in [3.63, 3.8) is 0 Å². The summed E-state index contributed by atoms with van der Waals surface area (Å²) >= 11 is 0. The molecule has 22 heavy (non-hydrogen) atoms. The van der Waals surface area contributed by atoms with E-state index in [2.05, 4.69) is 4.85 Å². The van der Waals surface area contributed by atoms with Crippen LogP contribution in [0.25, 0.3) is 4.85 Å². The molecule has 1 amide bonds. The number of hydrogen-bond donors (Lipinski definition) is 0. The summed E-state index contributed by atoms with van der Waals surface area (Å²) in [5.74, 6) is -1.20. The van der Waals surface area contributed by atoms with Crippen molar-refractivity contribution < 1.29 is 18.0 Å². The SMILES string of the molecule is [C-]#[N+]c1cc(F)cc([C@H]2CCN3C[C@](C)(C(F)F)C(=O)N23)c1. The first-order valence-corrected chi connectivity index (χ1v) is 6.91. The molecular formula is C15H14F3N3O. The molecule has 0 saturated carbocycles. The van der Waals surface area contributed by atoms with E-state index in [1.807, 2.05) is 0 Å². The van der Waals surface area contributed by atoms with Crippen LogP contribution in [-0.4, -0.2) is 35.4 Å². The highest BCUT2D eigenvalue weighted by molar-refractivity contribution is 5.85. The van der Waals surface area contributed by atoms with E-state index in [1.54, 1.807) is 5.01 Å². The standard InChI is InChI=1S/C15H14F3N3O/c1-15(13(17)18)8-20-4-3-12(21(20)14(15)22)9-5-10(16)7-11(6-9)19-2/h5-7,12-13H,3-4,8H2,1H3/t12-,15-/m1/s1. The summed E-state index contributed by atoms with van der Waals surface area (Å²) in [4.78, 5) is 15.6. The molecule has 2 fully saturated rings. The fourth-order valence-corrected chi connectivity index (χ4v) is 3.16. The average Bonchev–Trinajstić information content (AvgIpc) is 2.98. The van der Waals surface area contributed by atoms with Crippen molar-refractivity contribution in [3.8, 4) is 0 Å². The molecule has 7 heteroatoms. The van der Waals surface area contributed by atoms with E-state index in [4.69, 9.17) is 6.57 Å². The van der Waals surface area contributed by atoms with E-state index in [0.717, 1.165) is 6.07 Å². The molecule has 2 aliphatic heterocycles. The second kappa shape index (κ2) is 4.99. The van der Waals surface area contributed by atoms with Crippen molar-refractivity contribution in [2.75, 3.05) is 13.1 Å². The Labute approximate surface area is 125 Å². The molecule has 0 radical (unpaired) electrons. The van der Waals surface area contributed by atoms with Crippen LogP contribution in [0.15, 0.2) is 18.2 Å². The smallest absolute Gasteiger partial charge is 0.254 e. The molecule has 1 aromatic rings. The predicted molar refractivity (Wildman–Crippen MR) is 72.6 cm³/mol. The van der Waals surface area contributed by atoms with Gasteiger partial charge in [0, 0.05) is 13.1 Å². The van der Waals surface area contributed by atoms with Gasteiger partial charge in [-0.3, -0.25) is 9.80 Å². The number of nitrogens with zero attached hydrogens (tertiary/aromatic N) is 3. The largest absolute Gasteiger partial charge is 0.272 e. The summed E-state index contributed by atoms with van der Waals surface area (Å²) in [6.45, 7) is 8.66. The van der Waals surface area contributed by atoms with Crippen molar-refractivity contribution in [3.05, 3.63) is 41.0 Å². The number of carbonyl (C=O) groups is 1. The predicted octanol–water partition coefficient (Wildman–Crippen LogP) is 3.15. The minimum atomic E-state index is -2.75. The molecule has 0 bridgehead atoms. The number of fused-ring (bicyclic) bond motifs is 1. The van der Waals surface area contributed by atoms with Gasteiger partial charge in [-0.05, 0) is 31.0 Å². The zero-order chi connectivity index (χ0) is 16.1. The summed E-state index contributed by atoms with van der Waals surface area (Å²) < 4.78 is 40.0. The third-order valence-electron chi connectivity index (χ3n) is 4.37. The monoisotopic (exact) mass is 309 g/mol. The van der Waals surface area contributed by atoms with E-state index in [-0.39, 0.29) is 12.2 Å². The Kier molecular flexibility index (Phi) is 3.37. The van der Waals surface area contributed by atoms with E-state index >= 15 is 0 Å². The van der Waals surface area contributed by atoms with Gasteiger partial charge in [0.25, 0.3) is 12.3 Å². The van der Waals surface area contributed by atoms with Gasteiger partial charge in [0.15, 0.2) is 5.69 Å². The molecule has 2 saturated heterocycles. The number of rotatable bonds is 2. The molecular weight excluding hydrogens is 295 g/mol. The molecule has 0 aliphatic carbocycles. The highest BCUT2D eigenvalue weighted by Crippen LogP contribution is 2.45. The molecule has 0 spiro atoms. The molecule has 0 unspecified atom stereocenters. The van der Waals surface area contributed by atoms with Gasteiger partial charge in [-0.1, -0.05) is 6.07 Å². The summed E-state index contributed by atoms with van der Waals surface area (Å²) in [6, 6.07) is 3.38. The van der Waals surface area contributed by atoms with Gasteiger partial charge in [0.05, 0.1) is 12.6 Å². The van der Waals surface area contributed by atoms with Crippen molar-refractivity contribution in [1.82, 2.24) is 10.0 Å². The van der Waals surface area contributed by atoms with Crippen molar-refractivity contribution in [2.24, 2.45) is 5.41 Å². The highest BCUT2D eigenvalue weighted by atomic mass is 19.3. The van der Waals surface area contributed by atoms with Crippen LogP contribution in [0.2, 0.25) is 0 Å². The first-order valence-electron chi connectivity index (χ1n) is 6.91. The van der Waals surface area contributed by atoms with Crippen LogP contribution in [-0.2, 0) is 4.79 Å². The summed E-state index contributed by atoms with van der Waals surface area (Å²) in [5, 5.41) is 2.91. The van der Waals surface area contributed by atoms with Gasteiger partial charge < -0.3 is 0 Å². The van der Waals surface area contributed by atoms with E-state index in [1.165, 1.54) is 24.1 Å². The molecule has 2 aliphatic rings. The van der Waals surface area contributed by atoms with Gasteiger partial charge in [-0.25, -0.2) is 23.0 Å². The zero-order valence-electron chi connectivity index (χ0n) is 11.9. The fourth-order valence-electron chi connectivity index (χ4n) is 3.16. The molecule has 116 valence electrons. The van der Waals surface area contributed by atoms with E-state index < -0.39 is 29.6 Å². The van der Waals surface area contributed by atoms with Crippen LogP contribution >= 0.6 is 0 Å². The Bertz CT molecular complexity index is 672. The van der Waals surface area contributed by atoms with Crippen LogP contribution in [0.5, 0.6) is 0 Å². The number of alkyl halides is 2. The highest BCUT2D eigenvalue weighted by Gasteiger charge is 2.57. The van der Waals surface area contributed by atoms with Crippen molar-refractivity contribution >= 4 is 11.6 Å². The Morgan fingerprint density at radius 3 is 2.77 bits per heavy atom. The molecule has 2 atom stereocenters. The fraction of sp³-hybridized carbons (Fsp3) is 0.467. The number of amides is 1. The lowest BCUT2D eigenvalue weighted by atomic mass is 9.90. The third-order valence-corrected chi connectivity index (χ3v) is 4.37. The lowest BCUT2D eigenvalue weighted by molar-refractivity contribution is -0.147. The quantitative estimate of drug-likeness (QED) is 0.785. The van der Waals surface area contributed by atoms with Crippen molar-refractivity contribution in [2.45, 2.75) is 25.8 Å². The number of benzene rings is 1. The van der Waals surface area contributed by atoms with Gasteiger partial charge in [-0.15, -0.1) is 0 Å². The summed E-state index contributed by atoms with van der Waals surface area (Å²) in [6.07, 6.45) is -2.22. The molecule has 3 rings (SSSR count). The van der Waals surface area contributed by atoms with Crippen LogP contribution in [0.4, 0.5) is 18.9 Å². The van der Waals surface area contributed by atoms with Crippen LogP contribution < -0.4 is 0 Å².